The molecule has 2 aromatic heterocycles. The second-order valence-corrected chi connectivity index (χ2v) is 6.51. The van der Waals surface area contributed by atoms with Crippen LogP contribution >= 0.6 is 0 Å². The van der Waals surface area contributed by atoms with E-state index < -0.39 is 0 Å². The molecular formula is C18H25N5O2. The van der Waals surface area contributed by atoms with Gasteiger partial charge in [-0.15, -0.1) is 0 Å². The fourth-order valence-corrected chi connectivity index (χ4v) is 3.17. The third-order valence-electron chi connectivity index (χ3n) is 4.59. The van der Waals surface area contributed by atoms with Gasteiger partial charge in [0.1, 0.15) is 11.6 Å². The number of hydrogen-bond donors (Lipinski definition) is 1. The van der Waals surface area contributed by atoms with Crippen LogP contribution in [0.25, 0.3) is 0 Å². The topological polar surface area (TPSA) is 74.6 Å². The normalized spacial score (nSPS) is 17.0. The maximum atomic E-state index is 9.72. The Labute approximate surface area is 148 Å². The third kappa shape index (κ3) is 3.66. The van der Waals surface area contributed by atoms with Crippen molar-refractivity contribution < 1.29 is 9.84 Å². The minimum Gasteiger partial charge on any atom is -0.496 e. The molecule has 0 spiro atoms. The maximum Gasteiger partial charge on any atom is 0.227 e. The molecule has 0 aromatic carbocycles. The molecule has 0 bridgehead atoms. The lowest BCUT2D eigenvalue weighted by molar-refractivity contribution is 0.198. The summed E-state index contributed by atoms with van der Waals surface area (Å²) in [5.41, 5.74) is 3.00. The Kier molecular flexibility index (Phi) is 5.03. The molecule has 7 heteroatoms. The first-order chi connectivity index (χ1) is 12.0. The van der Waals surface area contributed by atoms with Crippen molar-refractivity contribution in [3.05, 3.63) is 35.3 Å². The van der Waals surface area contributed by atoms with E-state index in [4.69, 9.17) is 4.74 Å². The maximum absolute atomic E-state index is 9.72. The Morgan fingerprint density at radius 3 is 2.84 bits per heavy atom. The van der Waals surface area contributed by atoms with Crippen LogP contribution in [0.4, 0.5) is 11.8 Å². The van der Waals surface area contributed by atoms with Crippen LogP contribution in [-0.4, -0.2) is 53.4 Å². The van der Waals surface area contributed by atoms with Gasteiger partial charge in [-0.05, 0) is 26.3 Å². The van der Waals surface area contributed by atoms with E-state index in [1.54, 1.807) is 13.3 Å². The minimum atomic E-state index is -0.275. The van der Waals surface area contributed by atoms with Gasteiger partial charge >= 0.3 is 0 Å². The van der Waals surface area contributed by atoms with Gasteiger partial charge in [0.15, 0.2) is 0 Å². The van der Waals surface area contributed by atoms with Crippen molar-refractivity contribution in [1.82, 2.24) is 15.0 Å². The van der Waals surface area contributed by atoms with E-state index in [9.17, 15) is 5.11 Å². The predicted octanol–water partition coefficient (Wildman–Crippen LogP) is 1.70. The first-order valence-corrected chi connectivity index (χ1v) is 8.46. The summed E-state index contributed by atoms with van der Waals surface area (Å²) in [5, 5.41) is 9.72. The molecular weight excluding hydrogens is 318 g/mol. The van der Waals surface area contributed by atoms with E-state index >= 15 is 0 Å². The number of nitrogens with zero attached hydrogens (tertiary/aromatic N) is 5. The first kappa shape index (κ1) is 17.4. The second-order valence-electron chi connectivity index (χ2n) is 6.51. The van der Waals surface area contributed by atoms with E-state index in [1.807, 2.05) is 38.1 Å². The molecule has 2 aromatic rings. The summed E-state index contributed by atoms with van der Waals surface area (Å²) < 4.78 is 5.48. The van der Waals surface area contributed by atoms with E-state index in [1.165, 1.54) is 0 Å². The smallest absolute Gasteiger partial charge is 0.227 e. The summed E-state index contributed by atoms with van der Waals surface area (Å²) >= 11 is 0. The van der Waals surface area contributed by atoms with Gasteiger partial charge in [-0.3, -0.25) is 4.98 Å². The monoisotopic (exact) mass is 343 g/mol. The molecule has 1 N–H and O–H groups in total. The van der Waals surface area contributed by atoms with Crippen molar-refractivity contribution in [3.8, 4) is 5.75 Å². The third-order valence-corrected chi connectivity index (χ3v) is 4.59. The summed E-state index contributed by atoms with van der Waals surface area (Å²) in [6, 6.07) is 1.88. The van der Waals surface area contributed by atoms with Crippen molar-refractivity contribution in [3.63, 3.8) is 0 Å². The van der Waals surface area contributed by atoms with E-state index in [0.717, 1.165) is 41.4 Å². The van der Waals surface area contributed by atoms with Crippen LogP contribution in [0.1, 0.15) is 23.2 Å². The molecule has 3 heterocycles. The van der Waals surface area contributed by atoms with Crippen LogP contribution in [0, 0.1) is 13.8 Å². The number of aliphatic hydroxyl groups is 1. The van der Waals surface area contributed by atoms with Crippen molar-refractivity contribution in [1.29, 1.82) is 0 Å². The molecule has 1 aliphatic rings. The lowest BCUT2D eigenvalue weighted by atomic mass is 10.1. The standard InChI is InChI=1S/C18H25N5O2/c1-12-9-20-15(13(2)17(12)25-4)11-22(3)18-19-7-5-16(21-18)23-8-6-14(24)10-23/h5,7,9,14,24H,6,8,10-11H2,1-4H3/t14-/m0/s1. The molecule has 25 heavy (non-hydrogen) atoms. The van der Waals surface area contributed by atoms with Crippen LogP contribution < -0.4 is 14.5 Å². The molecule has 0 aliphatic carbocycles. The highest BCUT2D eigenvalue weighted by molar-refractivity contribution is 5.46. The summed E-state index contributed by atoms with van der Waals surface area (Å²) in [5.74, 6) is 2.36. The van der Waals surface area contributed by atoms with Crippen LogP contribution in [0.3, 0.4) is 0 Å². The highest BCUT2D eigenvalue weighted by Crippen LogP contribution is 2.25. The fourth-order valence-electron chi connectivity index (χ4n) is 3.17. The molecule has 1 saturated heterocycles. The summed E-state index contributed by atoms with van der Waals surface area (Å²) in [6.45, 7) is 6.04. The Balaban J connectivity index is 1.79. The highest BCUT2D eigenvalue weighted by Gasteiger charge is 2.22. The van der Waals surface area contributed by atoms with Gasteiger partial charge in [0, 0.05) is 43.7 Å². The quantitative estimate of drug-likeness (QED) is 0.886. The molecule has 0 saturated carbocycles. The van der Waals surface area contributed by atoms with Crippen LogP contribution in [0.5, 0.6) is 5.75 Å². The summed E-state index contributed by atoms with van der Waals surface area (Å²) in [6.07, 6.45) is 4.09. The van der Waals surface area contributed by atoms with E-state index in [-0.39, 0.29) is 6.10 Å². The van der Waals surface area contributed by atoms with Crippen LogP contribution in [0.15, 0.2) is 18.5 Å². The molecule has 134 valence electrons. The zero-order valence-corrected chi connectivity index (χ0v) is 15.2. The summed E-state index contributed by atoms with van der Waals surface area (Å²) in [4.78, 5) is 17.6. The molecule has 1 aliphatic heterocycles. The number of aryl methyl sites for hydroxylation is 1. The van der Waals surface area contributed by atoms with Gasteiger partial charge in [-0.25, -0.2) is 4.98 Å². The number of hydrogen-bond acceptors (Lipinski definition) is 7. The van der Waals surface area contributed by atoms with Gasteiger partial charge in [0.2, 0.25) is 5.95 Å². The zero-order valence-electron chi connectivity index (χ0n) is 15.2. The van der Waals surface area contributed by atoms with E-state index in [2.05, 4.69) is 19.9 Å². The number of rotatable bonds is 5. The fraction of sp³-hybridized carbons (Fsp3) is 0.500. The van der Waals surface area contributed by atoms with Crippen molar-refractivity contribution in [2.75, 3.05) is 37.0 Å². The van der Waals surface area contributed by atoms with Crippen molar-refractivity contribution in [2.24, 2.45) is 0 Å². The summed E-state index contributed by atoms with van der Waals surface area (Å²) in [7, 11) is 3.63. The average Bonchev–Trinajstić information content (AvgIpc) is 3.04. The number of β-amino-alcohol motifs (C(OH)–C–C–N with tert-alkyl or cyclic N) is 1. The molecule has 3 rings (SSSR count). The Bertz CT molecular complexity index is 752. The van der Waals surface area contributed by atoms with Gasteiger partial charge in [-0.2, -0.15) is 4.98 Å². The number of pyridine rings is 1. The molecule has 0 unspecified atom stereocenters. The van der Waals surface area contributed by atoms with Crippen molar-refractivity contribution >= 4 is 11.8 Å². The Morgan fingerprint density at radius 1 is 1.36 bits per heavy atom. The Morgan fingerprint density at radius 2 is 2.16 bits per heavy atom. The number of methoxy groups -OCH3 is 1. The molecule has 1 atom stereocenters. The van der Waals surface area contributed by atoms with Crippen LogP contribution in [0.2, 0.25) is 0 Å². The van der Waals surface area contributed by atoms with Gasteiger partial charge < -0.3 is 19.6 Å². The number of aliphatic hydroxyl groups excluding tert-OH is 1. The first-order valence-electron chi connectivity index (χ1n) is 8.46. The lowest BCUT2D eigenvalue weighted by Gasteiger charge is -2.22. The molecule has 7 nitrogen and oxygen atoms in total. The number of aromatic nitrogens is 3. The van der Waals surface area contributed by atoms with Gasteiger partial charge in [0.25, 0.3) is 0 Å². The second kappa shape index (κ2) is 7.23. The zero-order chi connectivity index (χ0) is 18.0. The largest absolute Gasteiger partial charge is 0.496 e. The SMILES string of the molecule is COc1c(C)cnc(CN(C)c2nccc(N3CC[C@H](O)C3)n2)c1C. The Hall–Kier alpha value is -2.41. The van der Waals surface area contributed by atoms with E-state index in [0.29, 0.717) is 19.0 Å². The van der Waals surface area contributed by atoms with Crippen molar-refractivity contribution in [2.45, 2.75) is 32.9 Å². The number of ether oxygens (including phenoxy) is 1. The minimum absolute atomic E-state index is 0.275. The molecule has 1 fully saturated rings. The van der Waals surface area contributed by atoms with Gasteiger partial charge in [-0.1, -0.05) is 0 Å². The lowest BCUT2D eigenvalue weighted by Crippen LogP contribution is -2.25. The van der Waals surface area contributed by atoms with Gasteiger partial charge in [0.05, 0.1) is 25.5 Å². The molecule has 0 amide bonds. The average molecular weight is 343 g/mol. The molecule has 0 radical (unpaired) electrons. The highest BCUT2D eigenvalue weighted by atomic mass is 16.5. The number of anilines is 2. The predicted molar refractivity (Wildman–Crippen MR) is 97.2 cm³/mol. The van der Waals surface area contributed by atoms with Crippen LogP contribution in [-0.2, 0) is 6.54 Å².